The number of amides is 3. The Morgan fingerprint density at radius 2 is 1.06 bits per heavy atom. The van der Waals surface area contributed by atoms with Crippen molar-refractivity contribution in [3.05, 3.63) is 141 Å². The van der Waals surface area contributed by atoms with Gasteiger partial charge in [-0.25, -0.2) is 14.4 Å². The lowest BCUT2D eigenvalue weighted by Crippen LogP contribution is -2.36. The fraction of sp³-hybridized carbons (Fsp3) is 0.308. The van der Waals surface area contributed by atoms with E-state index in [4.69, 9.17) is 43.1 Å². The molecule has 0 aliphatic rings. The molecular formula is C39H47Cl3N4O6. The fourth-order valence-corrected chi connectivity index (χ4v) is 4.79. The normalized spacial score (nSPS) is 11.7. The summed E-state index contributed by atoms with van der Waals surface area (Å²) in [5.41, 5.74) is 9.17. The van der Waals surface area contributed by atoms with Crippen LogP contribution >= 0.6 is 35.6 Å². The van der Waals surface area contributed by atoms with Crippen LogP contribution in [0.15, 0.2) is 109 Å². The summed E-state index contributed by atoms with van der Waals surface area (Å²) in [6, 6.07) is 33.0. The molecule has 0 radical (unpaired) electrons. The molecule has 52 heavy (non-hydrogen) atoms. The molecule has 280 valence electrons. The van der Waals surface area contributed by atoms with Crippen molar-refractivity contribution in [2.24, 2.45) is 5.73 Å². The molecule has 0 heterocycles. The number of nitrogens with two attached hydrogens (primary N) is 1. The lowest BCUT2D eigenvalue weighted by molar-refractivity contribution is 0.0501. The highest BCUT2D eigenvalue weighted by molar-refractivity contribution is 6.30. The summed E-state index contributed by atoms with van der Waals surface area (Å²) in [4.78, 5) is 35.7. The van der Waals surface area contributed by atoms with E-state index in [2.05, 4.69) is 16.0 Å². The van der Waals surface area contributed by atoms with Crippen molar-refractivity contribution >= 4 is 53.9 Å². The molecule has 0 fully saturated rings. The molecule has 4 aromatic carbocycles. The van der Waals surface area contributed by atoms with Crippen molar-refractivity contribution < 1.29 is 28.6 Å². The highest BCUT2D eigenvalue weighted by Crippen LogP contribution is 2.20. The van der Waals surface area contributed by atoms with Crippen LogP contribution in [0.25, 0.3) is 0 Å². The Morgan fingerprint density at radius 1 is 0.635 bits per heavy atom. The number of benzene rings is 4. The third-order valence-electron chi connectivity index (χ3n) is 7.11. The number of halogens is 3. The summed E-state index contributed by atoms with van der Waals surface area (Å²) in [6.07, 6.45) is -0.388. The first-order valence-corrected chi connectivity index (χ1v) is 17.3. The molecular weight excluding hydrogens is 727 g/mol. The lowest BCUT2D eigenvalue weighted by Gasteiger charge is -2.24. The van der Waals surface area contributed by atoms with E-state index in [1.54, 1.807) is 45.0 Å². The molecule has 4 aromatic rings. The van der Waals surface area contributed by atoms with E-state index in [0.29, 0.717) is 36.0 Å². The average molecular weight is 774 g/mol. The SMILES string of the molecule is CC(C)(C)OC(=O)NC(CCNC(=O)OCc1ccccc1)c1ccc(Cl)cc1.Cl.NC(CCNC(=O)OCc1ccccc1)c1ccc(Cl)cc1. The van der Waals surface area contributed by atoms with E-state index in [9.17, 15) is 14.4 Å². The Morgan fingerprint density at radius 3 is 1.50 bits per heavy atom. The van der Waals surface area contributed by atoms with Crippen molar-refractivity contribution in [2.45, 2.75) is 64.5 Å². The first-order valence-electron chi connectivity index (χ1n) is 16.5. The molecule has 0 aliphatic carbocycles. The summed E-state index contributed by atoms with van der Waals surface area (Å²) < 4.78 is 15.7. The minimum Gasteiger partial charge on any atom is -0.445 e. The molecule has 10 nitrogen and oxygen atoms in total. The topological polar surface area (TPSA) is 141 Å². The summed E-state index contributed by atoms with van der Waals surface area (Å²) in [6.45, 7) is 6.63. The van der Waals surface area contributed by atoms with Gasteiger partial charge in [-0.1, -0.05) is 108 Å². The van der Waals surface area contributed by atoms with Crippen LogP contribution in [0.3, 0.4) is 0 Å². The van der Waals surface area contributed by atoms with E-state index >= 15 is 0 Å². The molecule has 4 rings (SSSR count). The van der Waals surface area contributed by atoms with E-state index < -0.39 is 23.9 Å². The van der Waals surface area contributed by atoms with Gasteiger partial charge in [-0.2, -0.15) is 0 Å². The summed E-state index contributed by atoms with van der Waals surface area (Å²) in [7, 11) is 0. The second-order valence-corrected chi connectivity index (χ2v) is 13.3. The second kappa shape index (κ2) is 23.2. The van der Waals surface area contributed by atoms with Crippen molar-refractivity contribution in [1.82, 2.24) is 16.0 Å². The maximum atomic E-state index is 12.2. The van der Waals surface area contributed by atoms with E-state index in [0.717, 1.165) is 22.3 Å². The molecule has 13 heteroatoms. The zero-order chi connectivity index (χ0) is 37.1. The van der Waals surface area contributed by atoms with Gasteiger partial charge < -0.3 is 35.9 Å². The third-order valence-corrected chi connectivity index (χ3v) is 7.62. The molecule has 2 atom stereocenters. The molecule has 0 aromatic heterocycles. The monoisotopic (exact) mass is 772 g/mol. The number of hydrogen-bond acceptors (Lipinski definition) is 7. The van der Waals surface area contributed by atoms with Crippen LogP contribution in [0.2, 0.25) is 10.0 Å². The second-order valence-electron chi connectivity index (χ2n) is 12.5. The number of nitrogens with one attached hydrogen (secondary N) is 3. The van der Waals surface area contributed by atoms with Crippen molar-refractivity contribution in [2.75, 3.05) is 13.1 Å². The zero-order valence-corrected chi connectivity index (χ0v) is 31.8. The predicted octanol–water partition coefficient (Wildman–Crippen LogP) is 9.30. The minimum atomic E-state index is -0.603. The van der Waals surface area contributed by atoms with Crippen LogP contribution in [-0.2, 0) is 27.4 Å². The Bertz CT molecular complexity index is 1620. The molecule has 0 saturated heterocycles. The Kier molecular flexibility index (Phi) is 19.5. The first kappa shape index (κ1) is 43.7. The molecule has 0 saturated carbocycles. The maximum absolute atomic E-state index is 12.2. The average Bonchev–Trinajstić information content (AvgIpc) is 3.10. The minimum absolute atomic E-state index is 0. The Labute approximate surface area is 322 Å². The van der Waals surface area contributed by atoms with Gasteiger partial charge >= 0.3 is 18.3 Å². The number of alkyl carbamates (subject to hydrolysis) is 3. The van der Waals surface area contributed by atoms with Gasteiger partial charge in [0.2, 0.25) is 0 Å². The molecule has 2 unspecified atom stereocenters. The van der Waals surface area contributed by atoms with Crippen LogP contribution < -0.4 is 21.7 Å². The first-order chi connectivity index (χ1) is 24.4. The summed E-state index contributed by atoms with van der Waals surface area (Å²) in [5.74, 6) is 0. The molecule has 3 amide bonds. The van der Waals surface area contributed by atoms with Gasteiger partial charge in [0.15, 0.2) is 0 Å². The predicted molar refractivity (Wildman–Crippen MR) is 208 cm³/mol. The number of carbonyl (C=O) groups is 3. The number of ether oxygens (including phenoxy) is 3. The molecule has 0 aliphatic heterocycles. The van der Waals surface area contributed by atoms with Gasteiger partial charge in [0.25, 0.3) is 0 Å². The number of carbonyl (C=O) groups excluding carboxylic acids is 3. The van der Waals surface area contributed by atoms with Crippen LogP contribution in [0.5, 0.6) is 0 Å². The van der Waals surface area contributed by atoms with Gasteiger partial charge in [-0.05, 0) is 80.1 Å². The van der Waals surface area contributed by atoms with Crippen molar-refractivity contribution in [1.29, 1.82) is 0 Å². The number of rotatable bonds is 13. The lowest BCUT2D eigenvalue weighted by atomic mass is 10.0. The van der Waals surface area contributed by atoms with Crippen LogP contribution in [-0.4, -0.2) is 37.0 Å². The van der Waals surface area contributed by atoms with E-state index in [-0.39, 0.29) is 37.7 Å². The molecule has 0 bridgehead atoms. The van der Waals surface area contributed by atoms with Gasteiger partial charge in [-0.3, -0.25) is 0 Å². The van der Waals surface area contributed by atoms with Crippen LogP contribution in [0.1, 0.15) is 68.0 Å². The van der Waals surface area contributed by atoms with E-state index in [1.807, 2.05) is 84.9 Å². The molecule has 5 N–H and O–H groups in total. The van der Waals surface area contributed by atoms with Crippen LogP contribution in [0.4, 0.5) is 14.4 Å². The summed E-state index contributed by atoms with van der Waals surface area (Å²) in [5, 5.41) is 9.53. The largest absolute Gasteiger partial charge is 0.445 e. The smallest absolute Gasteiger partial charge is 0.408 e. The molecule has 0 spiro atoms. The van der Waals surface area contributed by atoms with Crippen molar-refractivity contribution in [3.8, 4) is 0 Å². The van der Waals surface area contributed by atoms with E-state index in [1.165, 1.54) is 0 Å². The number of hydrogen-bond donors (Lipinski definition) is 4. The van der Waals surface area contributed by atoms with Crippen LogP contribution in [0, 0.1) is 0 Å². The quantitative estimate of drug-likeness (QED) is 0.0993. The standard InChI is InChI=1S/C22H27ClN2O4.C17H19ClN2O2.ClH/c1-22(2,3)29-21(27)25-19(17-9-11-18(23)12-10-17)13-14-24-20(26)28-15-16-7-5-4-6-8-16;18-15-8-6-14(7-9-15)16(19)10-11-20-17(21)22-12-13-4-2-1-3-5-13;/h4-12,19H,13-15H2,1-3H3,(H,24,26)(H,25,27);1-9,16H,10-12,19H2,(H,20,21);1H. The third kappa shape index (κ3) is 18.1. The Hall–Kier alpha value is -4.48. The zero-order valence-electron chi connectivity index (χ0n) is 29.5. The van der Waals surface area contributed by atoms with Gasteiger partial charge in [0, 0.05) is 29.2 Å². The van der Waals surface area contributed by atoms with Gasteiger partial charge in [0.1, 0.15) is 18.8 Å². The summed E-state index contributed by atoms with van der Waals surface area (Å²) >= 11 is 11.8. The van der Waals surface area contributed by atoms with Crippen molar-refractivity contribution in [3.63, 3.8) is 0 Å². The highest BCUT2D eigenvalue weighted by Gasteiger charge is 2.21. The Balaban J connectivity index is 0.000000366. The van der Waals surface area contributed by atoms with Gasteiger partial charge in [-0.15, -0.1) is 12.4 Å². The van der Waals surface area contributed by atoms with Gasteiger partial charge in [0.05, 0.1) is 6.04 Å². The maximum Gasteiger partial charge on any atom is 0.408 e. The fourth-order valence-electron chi connectivity index (χ4n) is 4.54. The highest BCUT2D eigenvalue weighted by atomic mass is 35.5.